The molecule has 10 heavy (non-hydrogen) atoms. The van der Waals surface area contributed by atoms with Gasteiger partial charge in [0.15, 0.2) is 6.10 Å². The van der Waals surface area contributed by atoms with E-state index >= 15 is 0 Å². The smallest absolute Gasteiger partial charge is 0.334 e. The quantitative estimate of drug-likeness (QED) is 0.490. The second-order valence-corrected chi connectivity index (χ2v) is 2.12. The summed E-state index contributed by atoms with van der Waals surface area (Å²) in [4.78, 5) is 10.6. The van der Waals surface area contributed by atoms with Gasteiger partial charge in [-0.3, -0.25) is 0 Å². The van der Waals surface area contributed by atoms with E-state index in [1.165, 1.54) is 0 Å². The largest absolute Gasteiger partial charge is 0.464 e. The number of rotatable bonds is 4. The molecule has 3 nitrogen and oxygen atoms in total. The van der Waals surface area contributed by atoms with E-state index in [0.29, 0.717) is 0 Å². The first-order valence-electron chi connectivity index (χ1n) is 3.13. The van der Waals surface area contributed by atoms with E-state index < -0.39 is 12.1 Å². The molecule has 0 aliphatic rings. The molecular weight excluding hydrogens is 156 g/mol. The second-order valence-electron chi connectivity index (χ2n) is 1.75. The number of esters is 1. The van der Waals surface area contributed by atoms with Crippen LogP contribution < -0.4 is 0 Å². The highest BCUT2D eigenvalue weighted by Gasteiger charge is 2.14. The molecule has 0 heterocycles. The van der Waals surface area contributed by atoms with Crippen molar-refractivity contribution in [3.8, 4) is 0 Å². The van der Waals surface area contributed by atoms with Crippen molar-refractivity contribution in [3.63, 3.8) is 0 Å². The van der Waals surface area contributed by atoms with E-state index in [2.05, 4.69) is 4.74 Å². The maximum Gasteiger partial charge on any atom is 0.334 e. The first kappa shape index (κ1) is 9.72. The fraction of sp³-hybridized carbons (Fsp3) is 0.833. The predicted molar refractivity (Wildman–Crippen MR) is 38.0 cm³/mol. The van der Waals surface area contributed by atoms with Crippen LogP contribution in [0.4, 0.5) is 0 Å². The van der Waals surface area contributed by atoms with Crippen LogP contribution in [0.2, 0.25) is 0 Å². The van der Waals surface area contributed by atoms with Gasteiger partial charge in [0.05, 0.1) is 6.61 Å². The van der Waals surface area contributed by atoms with Crippen molar-refractivity contribution in [3.05, 3.63) is 0 Å². The first-order chi connectivity index (χ1) is 4.72. The fourth-order valence-electron chi connectivity index (χ4n) is 0.460. The van der Waals surface area contributed by atoms with E-state index in [0.717, 1.165) is 0 Å². The molecule has 0 aromatic heterocycles. The van der Waals surface area contributed by atoms with E-state index in [1.54, 1.807) is 6.92 Å². The summed E-state index contributed by atoms with van der Waals surface area (Å²) in [5, 5.41) is 8.89. The Kier molecular flexibility index (Phi) is 5.35. The van der Waals surface area contributed by atoms with Crippen LogP contribution in [0.25, 0.3) is 0 Å². The molecule has 0 amide bonds. The summed E-state index contributed by atoms with van der Waals surface area (Å²) in [6.07, 6.45) is -0.808. The number of aliphatic hydroxyl groups is 1. The van der Waals surface area contributed by atoms with Crippen LogP contribution in [0.5, 0.6) is 0 Å². The summed E-state index contributed by atoms with van der Waals surface area (Å²) in [6.45, 7) is 1.98. The zero-order valence-corrected chi connectivity index (χ0v) is 6.60. The van der Waals surface area contributed by atoms with Crippen molar-refractivity contribution < 1.29 is 14.6 Å². The zero-order valence-electron chi connectivity index (χ0n) is 5.84. The van der Waals surface area contributed by atoms with Gasteiger partial charge in [0.2, 0.25) is 0 Å². The van der Waals surface area contributed by atoms with Crippen molar-refractivity contribution in [2.24, 2.45) is 0 Å². The number of carbonyl (C=O) groups excluding carboxylic acids is 1. The van der Waals surface area contributed by atoms with Crippen LogP contribution in [-0.2, 0) is 9.53 Å². The van der Waals surface area contributed by atoms with E-state index in [9.17, 15) is 4.79 Å². The van der Waals surface area contributed by atoms with Gasteiger partial charge in [0.1, 0.15) is 0 Å². The van der Waals surface area contributed by atoms with Crippen molar-refractivity contribution in [1.29, 1.82) is 0 Å². The number of aliphatic hydroxyl groups excluding tert-OH is 1. The maximum atomic E-state index is 10.6. The molecule has 1 unspecified atom stereocenters. The van der Waals surface area contributed by atoms with Crippen molar-refractivity contribution in [2.75, 3.05) is 12.5 Å². The van der Waals surface area contributed by atoms with Gasteiger partial charge in [-0.25, -0.2) is 4.79 Å². The van der Waals surface area contributed by atoms with E-state index in [-0.39, 0.29) is 18.9 Å². The van der Waals surface area contributed by atoms with Gasteiger partial charge in [-0.05, 0) is 13.3 Å². The lowest BCUT2D eigenvalue weighted by Gasteiger charge is -2.06. The van der Waals surface area contributed by atoms with Gasteiger partial charge in [-0.1, -0.05) is 0 Å². The topological polar surface area (TPSA) is 46.5 Å². The molecule has 60 valence electrons. The first-order valence-corrected chi connectivity index (χ1v) is 3.66. The SMILES string of the molecule is CCOC(=O)C(O)CCCl. The highest BCUT2D eigenvalue weighted by molar-refractivity contribution is 6.18. The van der Waals surface area contributed by atoms with Crippen LogP contribution >= 0.6 is 11.6 Å². The Morgan fingerprint density at radius 3 is 2.80 bits per heavy atom. The lowest BCUT2D eigenvalue weighted by Crippen LogP contribution is -2.23. The Morgan fingerprint density at radius 2 is 2.40 bits per heavy atom. The fourth-order valence-corrected chi connectivity index (χ4v) is 0.666. The van der Waals surface area contributed by atoms with Crippen LogP contribution in [0.15, 0.2) is 0 Å². The summed E-state index contributed by atoms with van der Waals surface area (Å²) in [5.74, 6) is -0.330. The Bertz CT molecular complexity index is 105. The number of halogens is 1. The molecule has 4 heteroatoms. The molecule has 0 aromatic rings. The van der Waals surface area contributed by atoms with Gasteiger partial charge in [-0.2, -0.15) is 0 Å². The third kappa shape index (κ3) is 3.69. The van der Waals surface area contributed by atoms with Gasteiger partial charge in [0.25, 0.3) is 0 Å². The van der Waals surface area contributed by atoms with Crippen LogP contribution in [0.3, 0.4) is 0 Å². The highest BCUT2D eigenvalue weighted by Crippen LogP contribution is 1.96. The molecule has 0 bridgehead atoms. The second kappa shape index (κ2) is 5.50. The van der Waals surface area contributed by atoms with Gasteiger partial charge >= 0.3 is 5.97 Å². The summed E-state index contributed by atoms with van der Waals surface area (Å²) < 4.78 is 4.51. The maximum absolute atomic E-state index is 10.6. The molecule has 0 aliphatic carbocycles. The molecule has 1 atom stereocenters. The summed E-state index contributed by atoms with van der Waals surface area (Å²) in [7, 11) is 0. The summed E-state index contributed by atoms with van der Waals surface area (Å²) >= 11 is 5.27. The number of hydrogen-bond donors (Lipinski definition) is 1. The third-order valence-electron chi connectivity index (χ3n) is 0.941. The van der Waals surface area contributed by atoms with Crippen molar-refractivity contribution in [2.45, 2.75) is 19.4 Å². The Hall–Kier alpha value is -0.280. The molecule has 0 rings (SSSR count). The Labute approximate surface area is 64.9 Å². The molecule has 0 fully saturated rings. The van der Waals surface area contributed by atoms with Gasteiger partial charge in [0, 0.05) is 5.88 Å². The highest BCUT2D eigenvalue weighted by atomic mass is 35.5. The molecular formula is C6H11ClO3. The monoisotopic (exact) mass is 166 g/mol. The lowest BCUT2D eigenvalue weighted by molar-refractivity contribution is -0.153. The molecule has 0 saturated carbocycles. The molecule has 0 aromatic carbocycles. The lowest BCUT2D eigenvalue weighted by atomic mass is 10.3. The number of hydrogen-bond acceptors (Lipinski definition) is 3. The van der Waals surface area contributed by atoms with E-state index in [1.807, 2.05) is 0 Å². The molecule has 0 spiro atoms. The van der Waals surface area contributed by atoms with Gasteiger partial charge < -0.3 is 9.84 Å². The average molecular weight is 167 g/mol. The number of ether oxygens (including phenoxy) is 1. The molecule has 0 aliphatic heterocycles. The molecule has 1 N–H and O–H groups in total. The molecule has 0 saturated heterocycles. The van der Waals surface area contributed by atoms with Crippen molar-refractivity contribution >= 4 is 17.6 Å². The van der Waals surface area contributed by atoms with Gasteiger partial charge in [-0.15, -0.1) is 11.6 Å². The number of carbonyl (C=O) groups is 1. The average Bonchev–Trinajstić information content (AvgIpc) is 1.89. The number of alkyl halides is 1. The Balaban J connectivity index is 3.49. The molecule has 0 radical (unpaired) electrons. The normalized spacial score (nSPS) is 12.7. The third-order valence-corrected chi connectivity index (χ3v) is 1.16. The van der Waals surface area contributed by atoms with Crippen molar-refractivity contribution in [1.82, 2.24) is 0 Å². The van der Waals surface area contributed by atoms with Crippen LogP contribution in [-0.4, -0.2) is 29.7 Å². The minimum atomic E-state index is -1.06. The minimum absolute atomic E-state index is 0.250. The van der Waals surface area contributed by atoms with E-state index in [4.69, 9.17) is 16.7 Å². The standard InChI is InChI=1S/C6H11ClO3/c1-2-10-6(9)5(8)3-4-7/h5,8H,2-4H2,1H3. The van der Waals surface area contributed by atoms with Crippen LogP contribution in [0, 0.1) is 0 Å². The zero-order chi connectivity index (χ0) is 7.98. The Morgan fingerprint density at radius 1 is 1.80 bits per heavy atom. The minimum Gasteiger partial charge on any atom is -0.464 e. The summed E-state index contributed by atoms with van der Waals surface area (Å²) in [5.41, 5.74) is 0. The predicted octanol–water partition coefficient (Wildman–Crippen LogP) is 0.539. The van der Waals surface area contributed by atoms with Crippen LogP contribution in [0.1, 0.15) is 13.3 Å². The summed E-state index contributed by atoms with van der Waals surface area (Å²) in [6, 6.07) is 0.